The highest BCUT2D eigenvalue weighted by atomic mass is 79.9. The molecule has 1 N–H and O–H groups in total. The Morgan fingerprint density at radius 3 is 2.90 bits per heavy atom. The SMILES string of the molecule is CCCNCc1ccc(OCC2CCC(C)O2)c(Br)c1. The van der Waals surface area contributed by atoms with Crippen molar-refractivity contribution in [1.29, 1.82) is 0 Å². The second kappa shape index (κ2) is 8.01. The summed E-state index contributed by atoms with van der Waals surface area (Å²) >= 11 is 3.58. The first-order chi connectivity index (χ1) is 9.69. The van der Waals surface area contributed by atoms with E-state index in [1.807, 2.05) is 6.07 Å². The Morgan fingerprint density at radius 1 is 1.40 bits per heavy atom. The fraction of sp³-hybridized carbons (Fsp3) is 0.625. The third-order valence-corrected chi connectivity index (χ3v) is 4.12. The van der Waals surface area contributed by atoms with E-state index in [2.05, 4.69) is 47.2 Å². The van der Waals surface area contributed by atoms with Crippen molar-refractivity contribution in [1.82, 2.24) is 5.32 Å². The molecule has 0 amide bonds. The van der Waals surface area contributed by atoms with Crippen LogP contribution < -0.4 is 10.1 Å². The maximum atomic E-state index is 5.86. The van der Waals surface area contributed by atoms with Crippen LogP contribution in [0.15, 0.2) is 22.7 Å². The molecule has 1 aliphatic heterocycles. The molecular weight excluding hydrogens is 318 g/mol. The van der Waals surface area contributed by atoms with Crippen molar-refractivity contribution in [2.24, 2.45) is 0 Å². The standard InChI is InChI=1S/C16H24BrNO2/c1-3-8-18-10-13-5-7-16(15(17)9-13)19-11-14-6-4-12(2)20-14/h5,7,9,12,14,18H,3-4,6,8,10-11H2,1-2H3. The summed E-state index contributed by atoms with van der Waals surface area (Å²) in [5.41, 5.74) is 1.27. The summed E-state index contributed by atoms with van der Waals surface area (Å²) in [5, 5.41) is 3.40. The Morgan fingerprint density at radius 2 is 2.25 bits per heavy atom. The van der Waals surface area contributed by atoms with E-state index in [4.69, 9.17) is 9.47 Å². The molecule has 0 saturated carbocycles. The molecule has 0 radical (unpaired) electrons. The monoisotopic (exact) mass is 341 g/mol. The summed E-state index contributed by atoms with van der Waals surface area (Å²) in [5.74, 6) is 0.896. The topological polar surface area (TPSA) is 30.5 Å². The number of benzene rings is 1. The van der Waals surface area contributed by atoms with Gasteiger partial charge in [-0.25, -0.2) is 0 Å². The van der Waals surface area contributed by atoms with Gasteiger partial charge in [0.1, 0.15) is 12.4 Å². The van der Waals surface area contributed by atoms with Crippen LogP contribution in [0.5, 0.6) is 5.75 Å². The zero-order chi connectivity index (χ0) is 14.4. The molecule has 1 aromatic carbocycles. The second-order valence-electron chi connectivity index (χ2n) is 5.40. The lowest BCUT2D eigenvalue weighted by molar-refractivity contribution is 0.0263. The molecular formula is C16H24BrNO2. The van der Waals surface area contributed by atoms with Crippen LogP contribution in [0.2, 0.25) is 0 Å². The van der Waals surface area contributed by atoms with Gasteiger partial charge in [0.2, 0.25) is 0 Å². The predicted molar refractivity (Wildman–Crippen MR) is 85.2 cm³/mol. The van der Waals surface area contributed by atoms with Crippen molar-refractivity contribution in [2.75, 3.05) is 13.2 Å². The molecule has 0 spiro atoms. The van der Waals surface area contributed by atoms with Crippen LogP contribution in [-0.2, 0) is 11.3 Å². The summed E-state index contributed by atoms with van der Waals surface area (Å²) in [6.45, 7) is 6.87. The third kappa shape index (κ3) is 4.76. The normalized spacial score (nSPS) is 22.1. The van der Waals surface area contributed by atoms with Crippen LogP contribution in [0.1, 0.15) is 38.7 Å². The average Bonchev–Trinajstić information content (AvgIpc) is 2.84. The molecule has 0 aromatic heterocycles. The molecule has 1 aliphatic rings. The Hall–Kier alpha value is -0.580. The summed E-state index contributed by atoms with van der Waals surface area (Å²) in [6.07, 6.45) is 4.00. The van der Waals surface area contributed by atoms with Gasteiger partial charge < -0.3 is 14.8 Å². The molecule has 3 nitrogen and oxygen atoms in total. The minimum absolute atomic E-state index is 0.239. The molecule has 0 aliphatic carbocycles. The van der Waals surface area contributed by atoms with Gasteiger partial charge in [0.05, 0.1) is 16.7 Å². The molecule has 1 saturated heterocycles. The van der Waals surface area contributed by atoms with E-state index in [0.717, 1.165) is 42.6 Å². The third-order valence-electron chi connectivity index (χ3n) is 3.50. The van der Waals surface area contributed by atoms with Crippen LogP contribution in [0.3, 0.4) is 0 Å². The fourth-order valence-electron chi connectivity index (χ4n) is 2.37. The second-order valence-corrected chi connectivity index (χ2v) is 6.25. The summed E-state index contributed by atoms with van der Waals surface area (Å²) in [7, 11) is 0. The van der Waals surface area contributed by atoms with Crippen LogP contribution in [0.25, 0.3) is 0 Å². The Balaban J connectivity index is 1.82. The molecule has 1 heterocycles. The van der Waals surface area contributed by atoms with Gasteiger partial charge in [0.25, 0.3) is 0 Å². The molecule has 112 valence electrons. The van der Waals surface area contributed by atoms with Gasteiger partial charge in [-0.15, -0.1) is 0 Å². The smallest absolute Gasteiger partial charge is 0.133 e. The van der Waals surface area contributed by atoms with Gasteiger partial charge in [-0.3, -0.25) is 0 Å². The Labute approximate surface area is 130 Å². The van der Waals surface area contributed by atoms with Crippen molar-refractivity contribution in [3.05, 3.63) is 28.2 Å². The number of hydrogen-bond acceptors (Lipinski definition) is 3. The van der Waals surface area contributed by atoms with E-state index in [-0.39, 0.29) is 6.10 Å². The highest BCUT2D eigenvalue weighted by Gasteiger charge is 2.22. The van der Waals surface area contributed by atoms with Crippen molar-refractivity contribution in [3.63, 3.8) is 0 Å². The lowest BCUT2D eigenvalue weighted by Gasteiger charge is -2.14. The summed E-state index contributed by atoms with van der Waals surface area (Å²) in [4.78, 5) is 0. The van der Waals surface area contributed by atoms with Gasteiger partial charge in [-0.05, 0) is 66.4 Å². The first-order valence-corrected chi connectivity index (χ1v) is 8.25. The van der Waals surface area contributed by atoms with Gasteiger partial charge in [-0.1, -0.05) is 13.0 Å². The zero-order valence-corrected chi connectivity index (χ0v) is 13.9. The molecule has 0 bridgehead atoms. The molecule has 2 unspecified atom stereocenters. The van der Waals surface area contributed by atoms with Gasteiger partial charge in [-0.2, -0.15) is 0 Å². The highest BCUT2D eigenvalue weighted by molar-refractivity contribution is 9.10. The number of nitrogens with one attached hydrogen (secondary N) is 1. The van der Waals surface area contributed by atoms with Crippen LogP contribution in [0, 0.1) is 0 Å². The highest BCUT2D eigenvalue weighted by Crippen LogP contribution is 2.27. The van der Waals surface area contributed by atoms with Crippen molar-refractivity contribution in [3.8, 4) is 5.75 Å². The number of rotatable bonds is 7. The summed E-state index contributed by atoms with van der Waals surface area (Å²) in [6, 6.07) is 6.27. The lowest BCUT2D eigenvalue weighted by atomic mass is 10.2. The largest absolute Gasteiger partial charge is 0.490 e. The predicted octanol–water partition coefficient (Wildman–Crippen LogP) is 3.90. The molecule has 2 atom stereocenters. The molecule has 20 heavy (non-hydrogen) atoms. The maximum Gasteiger partial charge on any atom is 0.133 e. The first kappa shape index (κ1) is 15.8. The van der Waals surface area contributed by atoms with Gasteiger partial charge in [0, 0.05) is 6.54 Å². The summed E-state index contributed by atoms with van der Waals surface area (Å²) < 4.78 is 12.6. The lowest BCUT2D eigenvalue weighted by Crippen LogP contribution is -2.18. The minimum Gasteiger partial charge on any atom is -0.490 e. The Kier molecular flexibility index (Phi) is 6.33. The van der Waals surface area contributed by atoms with E-state index in [9.17, 15) is 0 Å². The van der Waals surface area contributed by atoms with Crippen molar-refractivity contribution >= 4 is 15.9 Å². The first-order valence-electron chi connectivity index (χ1n) is 7.46. The van der Waals surface area contributed by atoms with E-state index < -0.39 is 0 Å². The quantitative estimate of drug-likeness (QED) is 0.763. The average molecular weight is 342 g/mol. The molecule has 4 heteroatoms. The van der Waals surface area contributed by atoms with Crippen LogP contribution in [0.4, 0.5) is 0 Å². The molecule has 2 rings (SSSR count). The van der Waals surface area contributed by atoms with Crippen molar-refractivity contribution < 1.29 is 9.47 Å². The zero-order valence-electron chi connectivity index (χ0n) is 12.3. The van der Waals surface area contributed by atoms with E-state index in [0.29, 0.717) is 12.7 Å². The number of halogens is 1. The van der Waals surface area contributed by atoms with Gasteiger partial charge >= 0.3 is 0 Å². The number of ether oxygens (including phenoxy) is 2. The molecule has 1 aromatic rings. The van der Waals surface area contributed by atoms with E-state index >= 15 is 0 Å². The maximum absolute atomic E-state index is 5.86. The van der Waals surface area contributed by atoms with Crippen LogP contribution in [-0.4, -0.2) is 25.4 Å². The van der Waals surface area contributed by atoms with Gasteiger partial charge in [0.15, 0.2) is 0 Å². The Bertz CT molecular complexity index is 425. The molecule has 1 fully saturated rings. The van der Waals surface area contributed by atoms with E-state index in [1.54, 1.807) is 0 Å². The van der Waals surface area contributed by atoms with Crippen molar-refractivity contribution in [2.45, 2.75) is 51.9 Å². The minimum atomic E-state index is 0.239. The van der Waals surface area contributed by atoms with Crippen LogP contribution >= 0.6 is 15.9 Å². The number of hydrogen-bond donors (Lipinski definition) is 1. The fourth-order valence-corrected chi connectivity index (χ4v) is 2.91. The van der Waals surface area contributed by atoms with E-state index in [1.165, 1.54) is 5.56 Å².